The van der Waals surface area contributed by atoms with E-state index in [1.165, 1.54) is 6.07 Å². The van der Waals surface area contributed by atoms with Gasteiger partial charge in [0.15, 0.2) is 6.61 Å². The van der Waals surface area contributed by atoms with Crippen LogP contribution in [0.2, 0.25) is 0 Å². The Balaban J connectivity index is 1.55. The SMILES string of the molecule is Cc1ccc(NC(=O)COC(=O)CN=C2NS(=O)(=O)c3ccccc32)c(C)c1. The number of hydrogen-bond donors (Lipinski definition) is 2. The molecule has 1 aliphatic heterocycles. The van der Waals surface area contributed by atoms with Gasteiger partial charge in [0.2, 0.25) is 0 Å². The van der Waals surface area contributed by atoms with Crippen LogP contribution < -0.4 is 10.0 Å². The Morgan fingerprint density at radius 1 is 1.14 bits per heavy atom. The van der Waals surface area contributed by atoms with E-state index in [2.05, 4.69) is 15.0 Å². The van der Waals surface area contributed by atoms with Crippen molar-refractivity contribution < 1.29 is 22.7 Å². The first-order valence-corrected chi connectivity index (χ1v) is 9.94. The molecule has 3 rings (SSSR count). The van der Waals surface area contributed by atoms with E-state index < -0.39 is 35.1 Å². The molecular weight excluding hydrogens is 382 g/mol. The lowest BCUT2D eigenvalue weighted by atomic mass is 10.1. The van der Waals surface area contributed by atoms with Gasteiger partial charge in [-0.05, 0) is 37.6 Å². The van der Waals surface area contributed by atoms with E-state index in [0.29, 0.717) is 11.3 Å². The third-order valence-corrected chi connectivity index (χ3v) is 5.45. The molecule has 0 aliphatic carbocycles. The summed E-state index contributed by atoms with van der Waals surface area (Å²) < 4.78 is 31.2. The van der Waals surface area contributed by atoms with Gasteiger partial charge in [-0.25, -0.2) is 8.42 Å². The number of fused-ring (bicyclic) bond motifs is 1. The molecule has 8 nitrogen and oxygen atoms in total. The number of benzene rings is 2. The third kappa shape index (κ3) is 4.37. The Morgan fingerprint density at radius 3 is 2.64 bits per heavy atom. The molecule has 28 heavy (non-hydrogen) atoms. The standard InChI is InChI=1S/C19H19N3O5S/c1-12-7-8-15(13(2)9-12)21-17(23)11-27-18(24)10-20-19-14-5-3-4-6-16(14)28(25,26)22-19/h3-9H,10-11H2,1-2H3,(H,20,22)(H,21,23). The molecule has 2 aromatic carbocycles. The van der Waals surface area contributed by atoms with Gasteiger partial charge in [-0.2, -0.15) is 0 Å². The summed E-state index contributed by atoms with van der Waals surface area (Å²) in [6, 6.07) is 11.9. The van der Waals surface area contributed by atoms with Crippen LogP contribution in [0.1, 0.15) is 16.7 Å². The minimum absolute atomic E-state index is 0.0762. The molecule has 0 spiro atoms. The summed E-state index contributed by atoms with van der Waals surface area (Å²) in [4.78, 5) is 27.9. The number of sulfonamides is 1. The van der Waals surface area contributed by atoms with Crippen molar-refractivity contribution in [2.45, 2.75) is 18.7 Å². The van der Waals surface area contributed by atoms with Crippen LogP contribution in [0, 0.1) is 13.8 Å². The fourth-order valence-corrected chi connectivity index (χ4v) is 3.98. The second-order valence-electron chi connectivity index (χ2n) is 6.29. The summed E-state index contributed by atoms with van der Waals surface area (Å²) >= 11 is 0. The predicted octanol–water partition coefficient (Wildman–Crippen LogP) is 1.52. The quantitative estimate of drug-likeness (QED) is 0.738. The van der Waals surface area contributed by atoms with Gasteiger partial charge in [0, 0.05) is 11.3 Å². The molecule has 2 aromatic rings. The number of aliphatic imine (C=N–C) groups is 1. The van der Waals surface area contributed by atoms with Crippen LogP contribution in [0.4, 0.5) is 5.69 Å². The topological polar surface area (TPSA) is 114 Å². The second kappa shape index (κ2) is 7.81. The zero-order chi connectivity index (χ0) is 20.3. The van der Waals surface area contributed by atoms with E-state index in [-0.39, 0.29) is 10.7 Å². The lowest BCUT2D eigenvalue weighted by Gasteiger charge is -2.09. The van der Waals surface area contributed by atoms with Crippen LogP contribution in [0.5, 0.6) is 0 Å². The zero-order valence-electron chi connectivity index (χ0n) is 15.4. The number of nitrogens with one attached hydrogen (secondary N) is 2. The number of ether oxygens (including phenoxy) is 1. The first-order valence-electron chi connectivity index (χ1n) is 8.45. The monoisotopic (exact) mass is 401 g/mol. The molecular formula is C19H19N3O5S. The van der Waals surface area contributed by atoms with Crippen molar-refractivity contribution in [3.8, 4) is 0 Å². The molecule has 0 atom stereocenters. The molecule has 0 aromatic heterocycles. The molecule has 0 saturated heterocycles. The van der Waals surface area contributed by atoms with Gasteiger partial charge in [-0.1, -0.05) is 29.8 Å². The number of rotatable bonds is 5. The molecule has 0 bridgehead atoms. The minimum atomic E-state index is -3.67. The normalized spacial score (nSPS) is 15.6. The van der Waals surface area contributed by atoms with Crippen LogP contribution in [0.3, 0.4) is 0 Å². The second-order valence-corrected chi connectivity index (χ2v) is 7.94. The highest BCUT2D eigenvalue weighted by Crippen LogP contribution is 2.22. The molecule has 0 unspecified atom stereocenters. The van der Waals surface area contributed by atoms with E-state index in [9.17, 15) is 18.0 Å². The van der Waals surface area contributed by atoms with Gasteiger partial charge in [0.25, 0.3) is 15.9 Å². The molecule has 0 fully saturated rings. The van der Waals surface area contributed by atoms with Gasteiger partial charge in [0.1, 0.15) is 12.4 Å². The van der Waals surface area contributed by atoms with Gasteiger partial charge >= 0.3 is 5.97 Å². The Hall–Kier alpha value is -3.20. The highest BCUT2D eigenvalue weighted by Gasteiger charge is 2.30. The number of nitrogens with zero attached hydrogens (tertiary/aromatic N) is 1. The average Bonchev–Trinajstić information content (AvgIpc) is 2.91. The number of hydrogen-bond acceptors (Lipinski definition) is 6. The van der Waals surface area contributed by atoms with Crippen molar-refractivity contribution in [3.63, 3.8) is 0 Å². The van der Waals surface area contributed by atoms with Crippen molar-refractivity contribution >= 4 is 33.4 Å². The Bertz CT molecular complexity index is 1080. The fraction of sp³-hybridized carbons (Fsp3) is 0.211. The summed E-state index contributed by atoms with van der Waals surface area (Å²) in [5.41, 5.74) is 3.01. The van der Waals surface area contributed by atoms with Crippen molar-refractivity contribution in [2.24, 2.45) is 4.99 Å². The maximum absolute atomic E-state index is 12.0. The summed E-state index contributed by atoms with van der Waals surface area (Å²) in [5.74, 6) is -1.14. The van der Waals surface area contributed by atoms with Crippen LogP contribution in [-0.4, -0.2) is 39.3 Å². The van der Waals surface area contributed by atoms with E-state index >= 15 is 0 Å². The molecule has 9 heteroatoms. The van der Waals surface area contributed by atoms with Crippen LogP contribution >= 0.6 is 0 Å². The van der Waals surface area contributed by atoms with E-state index in [4.69, 9.17) is 4.74 Å². The van der Waals surface area contributed by atoms with E-state index in [1.54, 1.807) is 24.3 Å². The van der Waals surface area contributed by atoms with Crippen LogP contribution in [-0.2, 0) is 24.3 Å². The smallest absolute Gasteiger partial charge is 0.328 e. The van der Waals surface area contributed by atoms with Crippen molar-refractivity contribution in [1.29, 1.82) is 0 Å². The average molecular weight is 401 g/mol. The zero-order valence-corrected chi connectivity index (χ0v) is 16.2. The first kappa shape index (κ1) is 19.6. The number of amides is 1. The van der Waals surface area contributed by atoms with E-state index in [0.717, 1.165) is 11.1 Å². The predicted molar refractivity (Wildman–Crippen MR) is 104 cm³/mol. The molecule has 146 valence electrons. The lowest BCUT2D eigenvalue weighted by molar-refractivity contribution is -0.145. The van der Waals surface area contributed by atoms with Crippen molar-refractivity contribution in [2.75, 3.05) is 18.5 Å². The largest absolute Gasteiger partial charge is 0.454 e. The number of carbonyl (C=O) groups excluding carboxylic acids is 2. The maximum Gasteiger partial charge on any atom is 0.328 e. The van der Waals surface area contributed by atoms with Crippen molar-refractivity contribution in [3.05, 3.63) is 59.2 Å². The number of aryl methyl sites for hydroxylation is 2. The Morgan fingerprint density at radius 2 is 1.89 bits per heavy atom. The number of anilines is 1. The number of amidine groups is 1. The number of esters is 1. The van der Waals surface area contributed by atoms with Crippen LogP contribution in [0.25, 0.3) is 0 Å². The Kier molecular flexibility index (Phi) is 5.46. The summed E-state index contributed by atoms with van der Waals surface area (Å²) in [6.45, 7) is 2.94. The molecule has 1 amide bonds. The molecule has 0 saturated carbocycles. The van der Waals surface area contributed by atoms with E-state index in [1.807, 2.05) is 26.0 Å². The molecule has 0 radical (unpaired) electrons. The molecule has 1 heterocycles. The van der Waals surface area contributed by atoms with Gasteiger partial charge < -0.3 is 10.1 Å². The summed E-state index contributed by atoms with van der Waals surface area (Å²) in [7, 11) is -3.67. The third-order valence-electron chi connectivity index (χ3n) is 4.05. The van der Waals surface area contributed by atoms with Crippen molar-refractivity contribution in [1.82, 2.24) is 4.72 Å². The fourth-order valence-electron chi connectivity index (χ4n) is 2.73. The first-order chi connectivity index (χ1) is 13.3. The molecule has 2 N–H and O–H groups in total. The summed E-state index contributed by atoms with van der Waals surface area (Å²) in [6.07, 6.45) is 0. The minimum Gasteiger partial charge on any atom is -0.454 e. The summed E-state index contributed by atoms with van der Waals surface area (Å²) in [5, 5.41) is 2.67. The van der Waals surface area contributed by atoms with Gasteiger partial charge in [0.05, 0.1) is 4.90 Å². The highest BCUT2D eigenvalue weighted by molar-refractivity contribution is 7.90. The lowest BCUT2D eigenvalue weighted by Crippen LogP contribution is -2.25. The Labute approximate surface area is 162 Å². The molecule has 1 aliphatic rings. The van der Waals surface area contributed by atoms with Crippen LogP contribution in [0.15, 0.2) is 52.4 Å². The van der Waals surface area contributed by atoms with Gasteiger partial charge in [-0.15, -0.1) is 0 Å². The van der Waals surface area contributed by atoms with Gasteiger partial charge in [-0.3, -0.25) is 19.3 Å². The number of carbonyl (C=O) groups is 2. The maximum atomic E-state index is 12.0. The highest BCUT2D eigenvalue weighted by atomic mass is 32.2.